The number of aliphatic carboxylic acids is 1. The number of hydrogen-bond acceptors (Lipinski definition) is 1. The fraction of sp³-hybridized carbons (Fsp3) is 0.409. The van der Waals surface area contributed by atoms with Gasteiger partial charge in [-0.05, 0) is 44.9 Å². The van der Waals surface area contributed by atoms with Gasteiger partial charge >= 0.3 is 5.97 Å². The molecule has 0 bridgehead atoms. The number of carboxylic acid groups (broad SMARTS) is 1. The maximum Gasteiger partial charge on any atom is 0.303 e. The first-order chi connectivity index (χ1) is 11.8. The minimum absolute atomic E-state index is 0.210. The minimum Gasteiger partial charge on any atom is -0.481 e. The molecule has 2 heteroatoms. The Bertz CT molecular complexity index is 462. The van der Waals surface area contributed by atoms with Crippen LogP contribution in [0.15, 0.2) is 72.9 Å². The highest BCUT2D eigenvalue weighted by molar-refractivity contribution is 5.66. The first kappa shape index (κ1) is 21.9. The number of carbonyl (C=O) groups is 1. The molecule has 0 spiro atoms. The zero-order valence-corrected chi connectivity index (χ0v) is 14.9. The van der Waals surface area contributed by atoms with E-state index in [9.17, 15) is 4.79 Å². The van der Waals surface area contributed by atoms with E-state index in [1.165, 1.54) is 0 Å². The van der Waals surface area contributed by atoms with E-state index in [4.69, 9.17) is 5.11 Å². The van der Waals surface area contributed by atoms with Gasteiger partial charge in [-0.25, -0.2) is 0 Å². The fourth-order valence-corrected chi connectivity index (χ4v) is 1.85. The molecule has 0 saturated heterocycles. The summed E-state index contributed by atoms with van der Waals surface area (Å²) in [7, 11) is 0. The van der Waals surface area contributed by atoms with Crippen LogP contribution in [0.4, 0.5) is 0 Å². The predicted molar refractivity (Wildman–Crippen MR) is 105 cm³/mol. The van der Waals surface area contributed by atoms with Gasteiger partial charge in [0.15, 0.2) is 0 Å². The number of rotatable bonds is 14. The average molecular weight is 328 g/mol. The predicted octanol–water partition coefficient (Wildman–Crippen LogP) is 6.55. The van der Waals surface area contributed by atoms with Gasteiger partial charge in [-0.2, -0.15) is 0 Å². The smallest absolute Gasteiger partial charge is 0.303 e. The Hall–Kier alpha value is -2.09. The highest BCUT2D eigenvalue weighted by atomic mass is 16.4. The zero-order chi connectivity index (χ0) is 17.7. The van der Waals surface area contributed by atoms with Crippen molar-refractivity contribution < 1.29 is 9.90 Å². The number of allylic oxidation sites excluding steroid dienone is 12. The maximum atomic E-state index is 10.3. The molecule has 132 valence electrons. The Morgan fingerprint density at radius 1 is 0.625 bits per heavy atom. The van der Waals surface area contributed by atoms with Crippen molar-refractivity contribution in [2.45, 2.75) is 58.3 Å². The third-order valence-electron chi connectivity index (χ3n) is 3.12. The summed E-state index contributed by atoms with van der Waals surface area (Å²) in [4.78, 5) is 10.3. The third-order valence-corrected chi connectivity index (χ3v) is 3.12. The third kappa shape index (κ3) is 19.9. The molecule has 2 nitrogen and oxygen atoms in total. The monoisotopic (exact) mass is 328 g/mol. The van der Waals surface area contributed by atoms with Crippen LogP contribution in [-0.2, 0) is 4.79 Å². The van der Waals surface area contributed by atoms with Crippen LogP contribution in [0.3, 0.4) is 0 Å². The van der Waals surface area contributed by atoms with E-state index < -0.39 is 5.97 Å². The first-order valence-corrected chi connectivity index (χ1v) is 8.89. The Kier molecular flexibility index (Phi) is 17.3. The molecule has 1 N–H and O–H groups in total. The van der Waals surface area contributed by atoms with E-state index >= 15 is 0 Å². The van der Waals surface area contributed by atoms with Crippen molar-refractivity contribution in [3.63, 3.8) is 0 Å². The highest BCUT2D eigenvalue weighted by Gasteiger charge is 1.90. The van der Waals surface area contributed by atoms with Gasteiger partial charge in [0.25, 0.3) is 0 Å². The second-order valence-electron chi connectivity index (χ2n) is 5.35. The molecule has 0 radical (unpaired) electrons. The molecule has 0 aromatic carbocycles. The van der Waals surface area contributed by atoms with Crippen LogP contribution < -0.4 is 0 Å². The average Bonchev–Trinajstić information content (AvgIpc) is 2.56. The standard InChI is InChI=1S/C22H32O2/c1-2-3-4-5-6-7-8-9-10-11-12-13-14-15-16-17-18-19-20-21-22(23)24/h3-4,6-7,9-10,12-13,15-16,18-19H,2,5,8,11,14,17,20-21H2,1H3,(H,23,24)/b4-3+,7-6+,10-9-,13-12+,16-15-,19-18-. The molecule has 0 rings (SSSR count). The van der Waals surface area contributed by atoms with Gasteiger partial charge in [0.2, 0.25) is 0 Å². The molecule has 0 heterocycles. The van der Waals surface area contributed by atoms with Crippen molar-refractivity contribution in [3.8, 4) is 0 Å². The van der Waals surface area contributed by atoms with E-state index in [0.717, 1.165) is 38.5 Å². The molecule has 0 saturated carbocycles. The van der Waals surface area contributed by atoms with Crippen molar-refractivity contribution in [1.29, 1.82) is 0 Å². The molecule has 0 unspecified atom stereocenters. The maximum absolute atomic E-state index is 10.3. The van der Waals surface area contributed by atoms with Gasteiger partial charge in [-0.3, -0.25) is 4.79 Å². The summed E-state index contributed by atoms with van der Waals surface area (Å²) in [5.41, 5.74) is 0. The summed E-state index contributed by atoms with van der Waals surface area (Å²) in [5, 5.41) is 8.49. The lowest BCUT2D eigenvalue weighted by atomic mass is 10.2. The van der Waals surface area contributed by atoms with Crippen LogP contribution in [-0.4, -0.2) is 11.1 Å². The van der Waals surface area contributed by atoms with Crippen molar-refractivity contribution in [1.82, 2.24) is 0 Å². The van der Waals surface area contributed by atoms with E-state index in [0.29, 0.717) is 6.42 Å². The van der Waals surface area contributed by atoms with Crippen LogP contribution in [0, 0.1) is 0 Å². The molecule has 0 aromatic rings. The molecule has 0 aliphatic rings. The lowest BCUT2D eigenvalue weighted by molar-refractivity contribution is -0.136. The summed E-state index contributed by atoms with van der Waals surface area (Å²) >= 11 is 0. The van der Waals surface area contributed by atoms with Crippen molar-refractivity contribution in [2.75, 3.05) is 0 Å². The second kappa shape index (κ2) is 19.0. The Morgan fingerprint density at radius 3 is 1.29 bits per heavy atom. The van der Waals surface area contributed by atoms with Crippen molar-refractivity contribution >= 4 is 5.97 Å². The van der Waals surface area contributed by atoms with Gasteiger partial charge in [0, 0.05) is 6.42 Å². The number of hydrogen-bond donors (Lipinski definition) is 1. The van der Waals surface area contributed by atoms with Crippen molar-refractivity contribution in [2.24, 2.45) is 0 Å². The molecule has 24 heavy (non-hydrogen) atoms. The summed E-state index contributed by atoms with van der Waals surface area (Å²) in [5.74, 6) is -0.741. The van der Waals surface area contributed by atoms with Crippen LogP contribution in [0.1, 0.15) is 58.3 Å². The van der Waals surface area contributed by atoms with E-state index in [-0.39, 0.29) is 6.42 Å². The van der Waals surface area contributed by atoms with Gasteiger partial charge in [0.05, 0.1) is 0 Å². The van der Waals surface area contributed by atoms with E-state index in [1.807, 2.05) is 12.2 Å². The van der Waals surface area contributed by atoms with Crippen LogP contribution in [0.2, 0.25) is 0 Å². The summed E-state index contributed by atoms with van der Waals surface area (Å²) in [6.07, 6.45) is 32.5. The van der Waals surface area contributed by atoms with Crippen LogP contribution in [0.25, 0.3) is 0 Å². The van der Waals surface area contributed by atoms with Gasteiger partial charge in [-0.1, -0.05) is 79.8 Å². The van der Waals surface area contributed by atoms with Gasteiger partial charge in [-0.15, -0.1) is 0 Å². The van der Waals surface area contributed by atoms with Gasteiger partial charge < -0.3 is 5.11 Å². The first-order valence-electron chi connectivity index (χ1n) is 8.89. The summed E-state index contributed by atoms with van der Waals surface area (Å²) in [6, 6.07) is 0. The minimum atomic E-state index is -0.741. The van der Waals surface area contributed by atoms with Gasteiger partial charge in [0.1, 0.15) is 0 Å². The second-order valence-corrected chi connectivity index (χ2v) is 5.35. The molecule has 0 aliphatic heterocycles. The van der Waals surface area contributed by atoms with Crippen LogP contribution in [0.5, 0.6) is 0 Å². The lowest BCUT2D eigenvalue weighted by Crippen LogP contribution is -1.91. The Balaban J connectivity index is 3.51. The normalized spacial score (nSPS) is 13.0. The summed E-state index contributed by atoms with van der Waals surface area (Å²) in [6.45, 7) is 2.15. The van der Waals surface area contributed by atoms with Crippen LogP contribution >= 0.6 is 0 Å². The topological polar surface area (TPSA) is 37.3 Å². The zero-order valence-electron chi connectivity index (χ0n) is 14.9. The molecule has 0 aromatic heterocycles. The molecular formula is C22H32O2. The molecule has 0 atom stereocenters. The lowest BCUT2D eigenvalue weighted by Gasteiger charge is -1.87. The Morgan fingerprint density at radius 2 is 0.958 bits per heavy atom. The fourth-order valence-electron chi connectivity index (χ4n) is 1.85. The summed E-state index contributed by atoms with van der Waals surface area (Å²) < 4.78 is 0. The molecule has 0 aliphatic carbocycles. The SMILES string of the molecule is CC/C=C/C/C=C/C/C=C\C/C=C/C/C=C\C/C=C\CCC(=O)O. The largest absolute Gasteiger partial charge is 0.481 e. The number of carboxylic acids is 1. The van der Waals surface area contributed by atoms with E-state index in [1.54, 1.807) is 0 Å². The van der Waals surface area contributed by atoms with E-state index in [2.05, 4.69) is 67.7 Å². The quantitative estimate of drug-likeness (QED) is 0.367. The molecule has 0 amide bonds. The molecule has 0 fully saturated rings. The Labute approximate surface area is 147 Å². The van der Waals surface area contributed by atoms with Crippen molar-refractivity contribution in [3.05, 3.63) is 72.9 Å². The highest BCUT2D eigenvalue weighted by Crippen LogP contribution is 1.97. The molecular weight excluding hydrogens is 296 g/mol.